The van der Waals surface area contributed by atoms with E-state index in [1.54, 1.807) is 18.2 Å². The lowest BCUT2D eigenvalue weighted by atomic mass is 10.1. The zero-order valence-electron chi connectivity index (χ0n) is 11.2. The Balaban J connectivity index is 1.83. The van der Waals surface area contributed by atoms with Crippen LogP contribution in [0.1, 0.15) is 4.88 Å². The first-order valence-electron chi connectivity index (χ1n) is 6.34. The van der Waals surface area contributed by atoms with Crippen molar-refractivity contribution < 1.29 is 8.42 Å². The smallest absolute Gasteiger partial charge is 0.200 e. The summed E-state index contributed by atoms with van der Waals surface area (Å²) in [6.45, 7) is 0. The van der Waals surface area contributed by atoms with Gasteiger partial charge in [0.05, 0.1) is 14.9 Å². The number of hydrogen-bond donors (Lipinski definition) is 1. The second-order valence-electron chi connectivity index (χ2n) is 4.50. The Labute approximate surface area is 140 Å². The van der Waals surface area contributed by atoms with Crippen LogP contribution in [0.25, 0.3) is 10.8 Å². The summed E-state index contributed by atoms with van der Waals surface area (Å²) in [5.41, 5.74) is 0. The lowest BCUT2D eigenvalue weighted by Gasteiger charge is -2.04. The number of nitrogens with zero attached hydrogens (tertiary/aromatic N) is 1. The van der Waals surface area contributed by atoms with Gasteiger partial charge in [0, 0.05) is 4.88 Å². The topological polar surface area (TPSA) is 58.5 Å². The van der Waals surface area contributed by atoms with Crippen molar-refractivity contribution in [2.45, 2.75) is 4.90 Å². The molecule has 7 heteroatoms. The number of sulfonamides is 1. The van der Waals surface area contributed by atoms with Crippen LogP contribution in [-0.4, -0.2) is 14.6 Å². The molecule has 0 unspecified atom stereocenters. The predicted molar refractivity (Wildman–Crippen MR) is 93.9 cm³/mol. The molecular weight excluding hydrogens is 384 g/mol. The van der Waals surface area contributed by atoms with Crippen LogP contribution in [0.2, 0.25) is 0 Å². The average molecular weight is 395 g/mol. The van der Waals surface area contributed by atoms with Gasteiger partial charge in [-0.15, -0.1) is 11.3 Å². The van der Waals surface area contributed by atoms with Gasteiger partial charge in [-0.05, 0) is 51.0 Å². The highest BCUT2D eigenvalue weighted by atomic mass is 79.9. The summed E-state index contributed by atoms with van der Waals surface area (Å²) in [6, 6.07) is 16.3. The van der Waals surface area contributed by atoms with Gasteiger partial charge in [-0.3, -0.25) is 0 Å². The first kappa shape index (κ1) is 15.2. The first-order chi connectivity index (χ1) is 10.5. The molecule has 112 valence electrons. The van der Waals surface area contributed by atoms with Gasteiger partial charge in [-0.2, -0.15) is 13.5 Å². The van der Waals surface area contributed by atoms with Gasteiger partial charge in [0.15, 0.2) is 0 Å². The minimum absolute atomic E-state index is 0.190. The van der Waals surface area contributed by atoms with Crippen molar-refractivity contribution in [1.29, 1.82) is 0 Å². The van der Waals surface area contributed by atoms with E-state index in [4.69, 9.17) is 0 Å². The van der Waals surface area contributed by atoms with Crippen LogP contribution >= 0.6 is 27.3 Å². The summed E-state index contributed by atoms with van der Waals surface area (Å²) < 4.78 is 25.4. The quantitative estimate of drug-likeness (QED) is 0.537. The summed E-state index contributed by atoms with van der Waals surface area (Å²) in [7, 11) is -3.67. The zero-order valence-corrected chi connectivity index (χ0v) is 14.5. The molecule has 1 aromatic heterocycles. The van der Waals surface area contributed by atoms with Crippen molar-refractivity contribution in [2.75, 3.05) is 0 Å². The van der Waals surface area contributed by atoms with Crippen LogP contribution in [-0.2, 0) is 10.0 Å². The molecule has 0 saturated heterocycles. The van der Waals surface area contributed by atoms with Crippen molar-refractivity contribution in [2.24, 2.45) is 5.10 Å². The molecule has 0 aliphatic carbocycles. The van der Waals surface area contributed by atoms with Crippen LogP contribution in [0.4, 0.5) is 0 Å². The van der Waals surface area contributed by atoms with Gasteiger partial charge in [0.1, 0.15) is 0 Å². The van der Waals surface area contributed by atoms with Crippen LogP contribution in [0.5, 0.6) is 0 Å². The highest BCUT2D eigenvalue weighted by Gasteiger charge is 2.13. The number of benzene rings is 2. The summed E-state index contributed by atoms with van der Waals surface area (Å²) in [6.07, 6.45) is 1.48. The van der Waals surface area contributed by atoms with Crippen molar-refractivity contribution in [3.63, 3.8) is 0 Å². The van der Waals surface area contributed by atoms with E-state index in [0.29, 0.717) is 0 Å². The predicted octanol–water partition coefficient (Wildman–Crippen LogP) is 3.98. The summed E-state index contributed by atoms with van der Waals surface area (Å²) in [5.74, 6) is 0. The molecule has 1 N–H and O–H groups in total. The van der Waals surface area contributed by atoms with Crippen molar-refractivity contribution in [3.05, 3.63) is 63.3 Å². The van der Waals surface area contributed by atoms with E-state index in [2.05, 4.69) is 25.9 Å². The third-order valence-corrected chi connectivity index (χ3v) is 5.77. The average Bonchev–Trinajstić information content (AvgIpc) is 2.92. The lowest BCUT2D eigenvalue weighted by molar-refractivity contribution is 0.585. The normalized spacial score (nSPS) is 12.0. The Morgan fingerprint density at radius 2 is 1.82 bits per heavy atom. The molecule has 0 aliphatic heterocycles. The third kappa shape index (κ3) is 3.37. The van der Waals surface area contributed by atoms with E-state index in [9.17, 15) is 8.42 Å². The first-order valence-corrected chi connectivity index (χ1v) is 9.43. The largest absolute Gasteiger partial charge is 0.276 e. The van der Waals surface area contributed by atoms with Gasteiger partial charge in [0.25, 0.3) is 10.0 Å². The minimum atomic E-state index is -3.67. The Bertz CT molecular complexity index is 949. The molecule has 0 spiro atoms. The number of halogens is 1. The van der Waals surface area contributed by atoms with Gasteiger partial charge >= 0.3 is 0 Å². The maximum absolute atomic E-state index is 12.2. The molecule has 3 rings (SSSR count). The minimum Gasteiger partial charge on any atom is -0.200 e. The van der Waals surface area contributed by atoms with Crippen LogP contribution < -0.4 is 4.83 Å². The summed E-state index contributed by atoms with van der Waals surface area (Å²) in [4.78, 5) is 3.28. The molecule has 0 amide bonds. The van der Waals surface area contributed by atoms with Crippen molar-refractivity contribution >= 4 is 54.3 Å². The van der Waals surface area contributed by atoms with Gasteiger partial charge < -0.3 is 0 Å². The van der Waals surface area contributed by atoms with E-state index in [1.807, 2.05) is 36.4 Å². The maximum Gasteiger partial charge on any atom is 0.276 e. The van der Waals surface area contributed by atoms with Crippen molar-refractivity contribution in [1.82, 2.24) is 4.83 Å². The highest BCUT2D eigenvalue weighted by Crippen LogP contribution is 2.21. The standard InChI is InChI=1S/C15H11BrN2O2S2/c16-15-8-6-13(21-15)10-17-18-22(19,20)14-7-5-11-3-1-2-4-12(11)9-14/h1-10,18H/b17-10+. The number of nitrogens with one attached hydrogen (secondary N) is 1. The van der Waals surface area contributed by atoms with Crippen LogP contribution in [0.15, 0.2) is 68.4 Å². The number of rotatable bonds is 4. The fourth-order valence-corrected chi connectivity index (χ4v) is 4.07. The molecule has 0 radical (unpaired) electrons. The van der Waals surface area contributed by atoms with E-state index < -0.39 is 10.0 Å². The fraction of sp³-hybridized carbons (Fsp3) is 0. The fourth-order valence-electron chi connectivity index (χ4n) is 1.94. The number of hydrazone groups is 1. The second kappa shape index (κ2) is 6.20. The molecule has 4 nitrogen and oxygen atoms in total. The molecule has 0 bridgehead atoms. The Morgan fingerprint density at radius 3 is 2.55 bits per heavy atom. The lowest BCUT2D eigenvalue weighted by Crippen LogP contribution is -2.18. The van der Waals surface area contributed by atoms with E-state index in [0.717, 1.165) is 19.4 Å². The highest BCUT2D eigenvalue weighted by molar-refractivity contribution is 9.11. The van der Waals surface area contributed by atoms with E-state index in [1.165, 1.54) is 17.6 Å². The Kier molecular flexibility index (Phi) is 4.28. The Morgan fingerprint density at radius 1 is 1.05 bits per heavy atom. The molecule has 0 saturated carbocycles. The monoisotopic (exact) mass is 394 g/mol. The van der Waals surface area contributed by atoms with Gasteiger partial charge in [0.2, 0.25) is 0 Å². The third-order valence-electron chi connectivity index (χ3n) is 2.99. The summed E-state index contributed by atoms with van der Waals surface area (Å²) in [5, 5.41) is 5.68. The number of hydrogen-bond acceptors (Lipinski definition) is 4. The molecule has 3 aromatic rings. The molecule has 2 aromatic carbocycles. The molecule has 0 atom stereocenters. The Hall–Kier alpha value is -1.70. The number of thiophene rings is 1. The van der Waals surface area contributed by atoms with Crippen molar-refractivity contribution in [3.8, 4) is 0 Å². The number of fused-ring (bicyclic) bond motifs is 1. The van der Waals surface area contributed by atoms with E-state index >= 15 is 0 Å². The second-order valence-corrected chi connectivity index (χ2v) is 8.66. The maximum atomic E-state index is 12.2. The van der Waals surface area contributed by atoms with E-state index in [-0.39, 0.29) is 4.90 Å². The zero-order chi connectivity index (χ0) is 15.6. The molecule has 1 heterocycles. The van der Waals surface area contributed by atoms with Gasteiger partial charge in [-0.1, -0.05) is 30.3 Å². The van der Waals surface area contributed by atoms with Crippen LogP contribution in [0.3, 0.4) is 0 Å². The molecule has 0 fully saturated rings. The SMILES string of the molecule is O=S(=O)(N/N=C/c1ccc(Br)s1)c1ccc2ccccc2c1. The van der Waals surface area contributed by atoms with Crippen LogP contribution in [0, 0.1) is 0 Å². The molecular formula is C15H11BrN2O2S2. The molecule has 22 heavy (non-hydrogen) atoms. The van der Waals surface area contributed by atoms with Gasteiger partial charge in [-0.25, -0.2) is 4.83 Å². The summed E-state index contributed by atoms with van der Waals surface area (Å²) >= 11 is 4.81. The molecule has 0 aliphatic rings.